The van der Waals surface area contributed by atoms with Crippen LogP contribution in [0.15, 0.2) is 18.2 Å². The zero-order valence-corrected chi connectivity index (χ0v) is 11.5. The van der Waals surface area contributed by atoms with Crippen molar-refractivity contribution in [1.29, 1.82) is 0 Å². The number of ether oxygens (including phenoxy) is 1. The van der Waals surface area contributed by atoms with E-state index in [0.717, 1.165) is 37.6 Å². The fraction of sp³-hybridized carbons (Fsp3) is 0.643. The Hall–Kier alpha value is -1.13. The van der Waals surface area contributed by atoms with E-state index in [2.05, 4.69) is 42.3 Å². The van der Waals surface area contributed by atoms with Gasteiger partial charge in [-0.3, -0.25) is 0 Å². The summed E-state index contributed by atoms with van der Waals surface area (Å²) in [6, 6.07) is 6.69. The minimum Gasteiger partial charge on any atom is -0.375 e. The zero-order chi connectivity index (χ0) is 13.0. The Morgan fingerprint density at radius 3 is 3.06 bits per heavy atom. The summed E-state index contributed by atoms with van der Waals surface area (Å²) < 4.78 is 5.73. The second-order valence-electron chi connectivity index (χ2n) is 4.88. The summed E-state index contributed by atoms with van der Waals surface area (Å²) in [6.45, 7) is 6.86. The third kappa shape index (κ3) is 3.00. The third-order valence-electron chi connectivity index (χ3n) is 3.38. The molecule has 1 aliphatic rings. The number of hydrogen-bond acceptors (Lipinski definition) is 4. The molecule has 1 fully saturated rings. The molecule has 2 heterocycles. The topological polar surface area (TPSA) is 37.4 Å². The molecule has 0 saturated carbocycles. The van der Waals surface area contributed by atoms with E-state index in [9.17, 15) is 0 Å². The lowest BCUT2D eigenvalue weighted by Crippen LogP contribution is -2.49. The highest BCUT2D eigenvalue weighted by atomic mass is 16.5. The van der Waals surface area contributed by atoms with Gasteiger partial charge in [0.1, 0.15) is 5.82 Å². The van der Waals surface area contributed by atoms with Crippen molar-refractivity contribution in [3.8, 4) is 0 Å². The Balaban J connectivity index is 2.19. The van der Waals surface area contributed by atoms with Crippen molar-refractivity contribution in [1.82, 2.24) is 10.3 Å². The molecule has 2 unspecified atom stereocenters. The predicted molar refractivity (Wildman–Crippen MR) is 73.8 cm³/mol. The van der Waals surface area contributed by atoms with Gasteiger partial charge in [-0.2, -0.15) is 0 Å². The first-order valence-corrected chi connectivity index (χ1v) is 6.73. The lowest BCUT2D eigenvalue weighted by molar-refractivity contribution is 0.0296. The highest BCUT2D eigenvalue weighted by Gasteiger charge is 2.26. The highest BCUT2D eigenvalue weighted by molar-refractivity contribution is 5.41. The van der Waals surface area contributed by atoms with Gasteiger partial charge in [0.05, 0.1) is 24.4 Å². The SMILES string of the molecule is CCC1COC(C)CN1c1cccc(CNC)n1. The van der Waals surface area contributed by atoms with Crippen molar-refractivity contribution in [3.63, 3.8) is 0 Å². The summed E-state index contributed by atoms with van der Waals surface area (Å²) in [5.74, 6) is 1.07. The van der Waals surface area contributed by atoms with Gasteiger partial charge < -0.3 is 15.0 Å². The Bertz CT molecular complexity index is 383. The molecular formula is C14H23N3O. The van der Waals surface area contributed by atoms with Crippen LogP contribution in [0.25, 0.3) is 0 Å². The Morgan fingerprint density at radius 1 is 1.50 bits per heavy atom. The average Bonchev–Trinajstić information content (AvgIpc) is 2.39. The summed E-state index contributed by atoms with van der Waals surface area (Å²) in [7, 11) is 1.94. The average molecular weight is 249 g/mol. The van der Waals surface area contributed by atoms with Crippen LogP contribution in [-0.4, -0.2) is 37.3 Å². The summed E-state index contributed by atoms with van der Waals surface area (Å²) >= 11 is 0. The van der Waals surface area contributed by atoms with Gasteiger partial charge in [0.25, 0.3) is 0 Å². The van der Waals surface area contributed by atoms with Crippen LogP contribution < -0.4 is 10.2 Å². The molecule has 0 aromatic carbocycles. The second-order valence-corrected chi connectivity index (χ2v) is 4.88. The molecule has 18 heavy (non-hydrogen) atoms. The van der Waals surface area contributed by atoms with Crippen LogP contribution in [0.5, 0.6) is 0 Å². The molecule has 1 saturated heterocycles. The lowest BCUT2D eigenvalue weighted by atomic mass is 10.1. The zero-order valence-electron chi connectivity index (χ0n) is 11.5. The van der Waals surface area contributed by atoms with E-state index in [4.69, 9.17) is 9.72 Å². The smallest absolute Gasteiger partial charge is 0.129 e. The highest BCUT2D eigenvalue weighted by Crippen LogP contribution is 2.21. The number of aromatic nitrogens is 1. The van der Waals surface area contributed by atoms with E-state index in [-0.39, 0.29) is 6.10 Å². The van der Waals surface area contributed by atoms with Crippen molar-refractivity contribution in [3.05, 3.63) is 23.9 Å². The largest absolute Gasteiger partial charge is 0.375 e. The van der Waals surface area contributed by atoms with E-state index in [0.29, 0.717) is 6.04 Å². The van der Waals surface area contributed by atoms with E-state index in [1.165, 1.54) is 0 Å². The van der Waals surface area contributed by atoms with Crippen molar-refractivity contribution in [2.24, 2.45) is 0 Å². The van der Waals surface area contributed by atoms with E-state index >= 15 is 0 Å². The Morgan fingerprint density at radius 2 is 2.33 bits per heavy atom. The van der Waals surface area contributed by atoms with Crippen LogP contribution in [0.4, 0.5) is 5.82 Å². The monoisotopic (exact) mass is 249 g/mol. The second kappa shape index (κ2) is 6.16. The van der Waals surface area contributed by atoms with Gasteiger partial charge >= 0.3 is 0 Å². The van der Waals surface area contributed by atoms with Gasteiger partial charge in [0.2, 0.25) is 0 Å². The maximum absolute atomic E-state index is 5.73. The first-order chi connectivity index (χ1) is 8.74. The standard InChI is InChI=1S/C14H23N3O/c1-4-13-10-18-11(2)9-17(13)14-7-5-6-12(16-14)8-15-3/h5-7,11,13,15H,4,8-10H2,1-3H3. The normalized spacial score (nSPS) is 24.3. The van der Waals surface area contributed by atoms with Gasteiger partial charge in [-0.05, 0) is 32.5 Å². The first-order valence-electron chi connectivity index (χ1n) is 6.73. The van der Waals surface area contributed by atoms with E-state index < -0.39 is 0 Å². The van der Waals surface area contributed by atoms with E-state index in [1.807, 2.05) is 7.05 Å². The molecule has 0 bridgehead atoms. The quantitative estimate of drug-likeness (QED) is 0.883. The molecule has 1 N–H and O–H groups in total. The number of pyridine rings is 1. The van der Waals surface area contributed by atoms with Crippen molar-refractivity contribution in [2.45, 2.75) is 39.0 Å². The number of hydrogen-bond donors (Lipinski definition) is 1. The van der Waals surface area contributed by atoms with Crippen LogP contribution >= 0.6 is 0 Å². The Labute approximate surface area is 109 Å². The van der Waals surface area contributed by atoms with Gasteiger partial charge in [0.15, 0.2) is 0 Å². The number of nitrogens with zero attached hydrogens (tertiary/aromatic N) is 2. The minimum atomic E-state index is 0.280. The molecule has 0 spiro atoms. The molecule has 1 aliphatic heterocycles. The molecule has 4 nitrogen and oxygen atoms in total. The first kappa shape index (κ1) is 13.3. The minimum absolute atomic E-state index is 0.280. The van der Waals surface area contributed by atoms with Gasteiger partial charge in [-0.1, -0.05) is 13.0 Å². The molecular weight excluding hydrogens is 226 g/mol. The number of nitrogens with one attached hydrogen (secondary N) is 1. The predicted octanol–water partition coefficient (Wildman–Crippen LogP) is 1.80. The Kier molecular flexibility index (Phi) is 4.55. The van der Waals surface area contributed by atoms with Gasteiger partial charge in [-0.25, -0.2) is 4.98 Å². The molecule has 0 amide bonds. The van der Waals surface area contributed by atoms with Crippen molar-refractivity contribution < 1.29 is 4.74 Å². The summed E-state index contributed by atoms with van der Waals surface area (Å²) in [5.41, 5.74) is 1.09. The molecule has 1 aromatic rings. The molecule has 0 aliphatic carbocycles. The molecule has 0 radical (unpaired) electrons. The lowest BCUT2D eigenvalue weighted by Gasteiger charge is -2.39. The van der Waals surface area contributed by atoms with Crippen molar-refractivity contribution >= 4 is 5.82 Å². The number of anilines is 1. The third-order valence-corrected chi connectivity index (χ3v) is 3.38. The summed E-state index contributed by atoms with van der Waals surface area (Å²) in [4.78, 5) is 7.11. The fourth-order valence-corrected chi connectivity index (χ4v) is 2.37. The fourth-order valence-electron chi connectivity index (χ4n) is 2.37. The maximum atomic E-state index is 5.73. The van der Waals surface area contributed by atoms with Crippen LogP contribution in [0.3, 0.4) is 0 Å². The molecule has 1 aromatic heterocycles. The van der Waals surface area contributed by atoms with Gasteiger partial charge in [0, 0.05) is 13.1 Å². The van der Waals surface area contributed by atoms with Crippen LogP contribution in [-0.2, 0) is 11.3 Å². The summed E-state index contributed by atoms with van der Waals surface area (Å²) in [5, 5.41) is 3.14. The van der Waals surface area contributed by atoms with Crippen LogP contribution in [0.1, 0.15) is 26.0 Å². The van der Waals surface area contributed by atoms with Crippen LogP contribution in [0.2, 0.25) is 0 Å². The van der Waals surface area contributed by atoms with Crippen LogP contribution in [0, 0.1) is 0 Å². The van der Waals surface area contributed by atoms with Crippen molar-refractivity contribution in [2.75, 3.05) is 25.1 Å². The van der Waals surface area contributed by atoms with Gasteiger partial charge in [-0.15, -0.1) is 0 Å². The molecule has 4 heteroatoms. The summed E-state index contributed by atoms with van der Waals surface area (Å²) in [6.07, 6.45) is 1.37. The molecule has 100 valence electrons. The van der Waals surface area contributed by atoms with E-state index in [1.54, 1.807) is 0 Å². The number of morpholine rings is 1. The molecule has 2 rings (SSSR count). The molecule has 2 atom stereocenters. The number of rotatable bonds is 4. The maximum Gasteiger partial charge on any atom is 0.129 e.